The molecule has 8 heteroatoms. The Bertz CT molecular complexity index is 574. The number of sulfonamides is 1. The minimum atomic E-state index is -3.77. The summed E-state index contributed by atoms with van der Waals surface area (Å²) in [6, 6.07) is 4.39. The van der Waals surface area contributed by atoms with E-state index in [4.69, 9.17) is 5.73 Å². The number of hydrogen-bond acceptors (Lipinski definition) is 5. The lowest BCUT2D eigenvalue weighted by atomic mass is 10.3. The average molecular weight is 351 g/mol. The first-order valence-electron chi connectivity index (χ1n) is 5.45. The van der Waals surface area contributed by atoms with Crippen LogP contribution in [-0.4, -0.2) is 38.9 Å². The lowest BCUT2D eigenvalue weighted by Gasteiger charge is -2.20. The van der Waals surface area contributed by atoms with Crippen molar-refractivity contribution in [2.75, 3.05) is 25.9 Å². The number of halogens is 1. The van der Waals surface area contributed by atoms with E-state index in [2.05, 4.69) is 20.7 Å². The number of carbonyl (C=O) groups is 1. The van der Waals surface area contributed by atoms with Crippen molar-refractivity contribution in [3.63, 3.8) is 0 Å². The highest BCUT2D eigenvalue weighted by atomic mass is 79.9. The molecule has 0 atom stereocenters. The number of hydrogen-bond donors (Lipinski definition) is 1. The van der Waals surface area contributed by atoms with Gasteiger partial charge < -0.3 is 10.5 Å². The summed E-state index contributed by atoms with van der Waals surface area (Å²) in [5.74, 6) is -0.614. The monoisotopic (exact) mass is 350 g/mol. The van der Waals surface area contributed by atoms with Gasteiger partial charge in [0.1, 0.15) is 6.54 Å². The fraction of sp³-hybridized carbons (Fsp3) is 0.364. The van der Waals surface area contributed by atoms with Crippen LogP contribution in [0.15, 0.2) is 27.6 Å². The molecule has 0 aliphatic carbocycles. The Hall–Kier alpha value is -1.12. The maximum atomic E-state index is 12.4. The molecule has 19 heavy (non-hydrogen) atoms. The number of likely N-dealkylation sites (N-methyl/N-ethyl adjacent to an activating group) is 1. The van der Waals surface area contributed by atoms with Gasteiger partial charge >= 0.3 is 5.97 Å². The van der Waals surface area contributed by atoms with Gasteiger partial charge in [-0.1, -0.05) is 6.92 Å². The topological polar surface area (TPSA) is 89.7 Å². The summed E-state index contributed by atoms with van der Waals surface area (Å²) in [4.78, 5) is 11.3. The quantitative estimate of drug-likeness (QED) is 0.636. The zero-order valence-corrected chi connectivity index (χ0v) is 13.0. The Kier molecular flexibility index (Phi) is 5.33. The molecule has 1 aromatic carbocycles. The van der Waals surface area contributed by atoms with Gasteiger partial charge in [-0.3, -0.25) is 4.79 Å². The molecule has 6 nitrogen and oxygen atoms in total. The lowest BCUT2D eigenvalue weighted by Crippen LogP contribution is -2.36. The highest BCUT2D eigenvalue weighted by Gasteiger charge is 2.27. The number of methoxy groups -OCH3 is 1. The molecule has 2 N–H and O–H groups in total. The minimum Gasteiger partial charge on any atom is -0.468 e. The third kappa shape index (κ3) is 3.68. The Morgan fingerprint density at radius 1 is 1.47 bits per heavy atom. The van der Waals surface area contributed by atoms with Gasteiger partial charge in [-0.25, -0.2) is 8.42 Å². The molecule has 0 saturated carbocycles. The minimum absolute atomic E-state index is 0.0625. The molecule has 0 heterocycles. The van der Waals surface area contributed by atoms with Gasteiger partial charge in [0.25, 0.3) is 0 Å². The predicted molar refractivity (Wildman–Crippen MR) is 75.0 cm³/mol. The number of nitrogens with zero attached hydrogens (tertiary/aromatic N) is 1. The zero-order chi connectivity index (χ0) is 14.6. The third-order valence-electron chi connectivity index (χ3n) is 2.46. The third-order valence-corrected chi connectivity index (χ3v) is 5.36. The molecule has 0 aliphatic heterocycles. The molecular weight excluding hydrogens is 336 g/mol. The smallest absolute Gasteiger partial charge is 0.321 e. The van der Waals surface area contributed by atoms with Crippen molar-refractivity contribution in [1.29, 1.82) is 0 Å². The summed E-state index contributed by atoms with van der Waals surface area (Å²) < 4.78 is 30.7. The largest absolute Gasteiger partial charge is 0.468 e. The molecule has 1 aromatic rings. The first-order chi connectivity index (χ1) is 8.82. The van der Waals surface area contributed by atoms with Gasteiger partial charge in [-0.2, -0.15) is 4.31 Å². The van der Waals surface area contributed by atoms with Crippen LogP contribution in [0.2, 0.25) is 0 Å². The van der Waals surface area contributed by atoms with Gasteiger partial charge in [0, 0.05) is 16.7 Å². The van der Waals surface area contributed by atoms with E-state index in [9.17, 15) is 13.2 Å². The van der Waals surface area contributed by atoms with Gasteiger partial charge in [-0.15, -0.1) is 0 Å². The second-order valence-corrected chi connectivity index (χ2v) is 6.46. The van der Waals surface area contributed by atoms with Crippen LogP contribution in [0, 0.1) is 0 Å². The SMILES string of the molecule is CCN(CC(=O)OC)S(=O)(=O)c1ccc(N)cc1Br. The summed E-state index contributed by atoms with van der Waals surface area (Å²) in [6.07, 6.45) is 0. The maximum absolute atomic E-state index is 12.4. The van der Waals surface area contributed by atoms with E-state index in [1.54, 1.807) is 6.92 Å². The van der Waals surface area contributed by atoms with Crippen LogP contribution >= 0.6 is 15.9 Å². The standard InChI is InChI=1S/C11H15BrN2O4S/c1-3-14(7-11(15)18-2)19(16,17)10-5-4-8(13)6-9(10)12/h4-6H,3,7,13H2,1-2H3. The Morgan fingerprint density at radius 3 is 2.58 bits per heavy atom. The van der Waals surface area contributed by atoms with E-state index in [0.29, 0.717) is 10.2 Å². The number of ether oxygens (including phenoxy) is 1. The molecule has 0 amide bonds. The van der Waals surface area contributed by atoms with Crippen LogP contribution < -0.4 is 5.73 Å². The Morgan fingerprint density at radius 2 is 2.11 bits per heavy atom. The maximum Gasteiger partial charge on any atom is 0.321 e. The van der Waals surface area contributed by atoms with E-state index in [0.717, 1.165) is 4.31 Å². The van der Waals surface area contributed by atoms with Crippen molar-refractivity contribution in [1.82, 2.24) is 4.31 Å². The second kappa shape index (κ2) is 6.36. The van der Waals surface area contributed by atoms with Crippen LogP contribution in [0.3, 0.4) is 0 Å². The molecule has 0 bridgehead atoms. The van der Waals surface area contributed by atoms with Gasteiger partial charge in [0.15, 0.2) is 0 Å². The number of anilines is 1. The Labute approximate surface area is 120 Å². The second-order valence-electron chi connectivity index (χ2n) is 3.70. The summed E-state index contributed by atoms with van der Waals surface area (Å²) >= 11 is 3.16. The van der Waals surface area contributed by atoms with E-state index in [1.165, 1.54) is 25.3 Å². The van der Waals surface area contributed by atoms with Crippen LogP contribution in [0.5, 0.6) is 0 Å². The average Bonchev–Trinajstić information content (AvgIpc) is 2.34. The molecular formula is C11H15BrN2O4S. The summed E-state index contributed by atoms with van der Waals surface area (Å²) in [5, 5.41) is 0. The molecule has 0 radical (unpaired) electrons. The molecule has 0 aliphatic rings. The number of carbonyl (C=O) groups excluding carboxylic acids is 1. The van der Waals surface area contributed by atoms with Crippen LogP contribution in [-0.2, 0) is 19.6 Å². The van der Waals surface area contributed by atoms with Crippen molar-refractivity contribution in [3.8, 4) is 0 Å². The molecule has 0 saturated heterocycles. The van der Waals surface area contributed by atoms with Crippen LogP contribution in [0.25, 0.3) is 0 Å². The highest BCUT2D eigenvalue weighted by Crippen LogP contribution is 2.26. The van der Waals surface area contributed by atoms with Gasteiger partial charge in [-0.05, 0) is 34.1 Å². The number of nitrogen functional groups attached to an aromatic ring is 1. The van der Waals surface area contributed by atoms with E-state index in [-0.39, 0.29) is 18.0 Å². The van der Waals surface area contributed by atoms with Gasteiger partial charge in [0.05, 0.1) is 12.0 Å². The first kappa shape index (κ1) is 15.9. The fourth-order valence-electron chi connectivity index (χ4n) is 1.44. The highest BCUT2D eigenvalue weighted by molar-refractivity contribution is 9.10. The molecule has 106 valence electrons. The summed E-state index contributed by atoms with van der Waals surface area (Å²) in [7, 11) is -2.56. The molecule has 0 spiro atoms. The predicted octanol–water partition coefficient (Wildman–Crippen LogP) is 1.21. The summed E-state index contributed by atoms with van der Waals surface area (Å²) in [5.41, 5.74) is 6.02. The van der Waals surface area contributed by atoms with Gasteiger partial charge in [0.2, 0.25) is 10.0 Å². The van der Waals surface area contributed by atoms with E-state index < -0.39 is 16.0 Å². The zero-order valence-electron chi connectivity index (χ0n) is 10.6. The molecule has 1 rings (SSSR count). The van der Waals surface area contributed by atoms with Crippen molar-refractivity contribution in [2.24, 2.45) is 0 Å². The van der Waals surface area contributed by atoms with Crippen molar-refractivity contribution >= 4 is 37.6 Å². The number of rotatable bonds is 5. The molecule has 0 aromatic heterocycles. The molecule has 0 unspecified atom stereocenters. The number of nitrogens with two attached hydrogens (primary N) is 1. The van der Waals surface area contributed by atoms with E-state index in [1.807, 2.05) is 0 Å². The molecule has 0 fully saturated rings. The van der Waals surface area contributed by atoms with Crippen LogP contribution in [0.1, 0.15) is 6.92 Å². The fourth-order valence-corrected chi connectivity index (χ4v) is 3.89. The van der Waals surface area contributed by atoms with E-state index >= 15 is 0 Å². The van der Waals surface area contributed by atoms with Crippen molar-refractivity contribution in [3.05, 3.63) is 22.7 Å². The number of benzene rings is 1. The number of esters is 1. The summed E-state index contributed by atoms with van der Waals surface area (Å²) in [6.45, 7) is 1.48. The normalized spacial score (nSPS) is 11.6. The lowest BCUT2D eigenvalue weighted by molar-refractivity contribution is -0.140. The Balaban J connectivity index is 3.17. The van der Waals surface area contributed by atoms with Crippen molar-refractivity contribution in [2.45, 2.75) is 11.8 Å². The van der Waals surface area contributed by atoms with Crippen molar-refractivity contribution < 1.29 is 17.9 Å². The van der Waals surface area contributed by atoms with Crippen LogP contribution in [0.4, 0.5) is 5.69 Å². The first-order valence-corrected chi connectivity index (χ1v) is 7.68.